The lowest BCUT2D eigenvalue weighted by Crippen LogP contribution is -2.27. The van der Waals surface area contributed by atoms with Crippen LogP contribution in [0.15, 0.2) is 24.3 Å². The Hall–Kier alpha value is -1.14. The number of rotatable bonds is 7. The van der Waals surface area contributed by atoms with E-state index in [1.807, 2.05) is 6.92 Å². The Balaban J connectivity index is 2.65. The predicted molar refractivity (Wildman–Crippen MR) is 64.3 cm³/mol. The molecule has 0 saturated heterocycles. The first-order valence-corrected chi connectivity index (χ1v) is 6.07. The molecule has 0 aliphatic rings. The molecule has 1 atom stereocenters. The van der Waals surface area contributed by atoms with Crippen LogP contribution in [0.25, 0.3) is 0 Å². The average molecular weight is 279 g/mol. The zero-order valence-corrected chi connectivity index (χ0v) is 10.6. The van der Waals surface area contributed by atoms with Gasteiger partial charge in [0.25, 0.3) is 0 Å². The summed E-state index contributed by atoms with van der Waals surface area (Å²) in [5.41, 5.74) is 0.522. The number of nitrogens with one attached hydrogen (secondary N) is 1. The maximum absolute atomic E-state index is 12.8. The van der Waals surface area contributed by atoms with Crippen molar-refractivity contribution in [2.24, 2.45) is 0 Å². The summed E-state index contributed by atoms with van der Waals surface area (Å²) in [6.45, 7) is 1.59. The minimum atomic E-state index is -4.37. The summed E-state index contributed by atoms with van der Waals surface area (Å²) in [6, 6.07) is 5.28. The Morgan fingerprint density at radius 2 is 1.84 bits per heavy atom. The Bertz CT molecular complexity index is 364. The fourth-order valence-electron chi connectivity index (χ4n) is 1.56. The number of ether oxygens (including phenoxy) is 1. The second-order valence-corrected chi connectivity index (χ2v) is 4.17. The van der Waals surface area contributed by atoms with Crippen LogP contribution in [0, 0.1) is 5.82 Å². The van der Waals surface area contributed by atoms with Gasteiger partial charge in [-0.15, -0.1) is 0 Å². The molecule has 0 amide bonds. The Kier molecular flexibility index (Phi) is 6.24. The van der Waals surface area contributed by atoms with Crippen molar-refractivity contribution in [3.8, 4) is 0 Å². The van der Waals surface area contributed by atoms with E-state index in [0.29, 0.717) is 12.1 Å². The van der Waals surface area contributed by atoms with Gasteiger partial charge in [0.15, 0.2) is 0 Å². The van der Waals surface area contributed by atoms with Crippen LogP contribution in [-0.4, -0.2) is 25.9 Å². The first-order valence-electron chi connectivity index (χ1n) is 6.07. The summed E-state index contributed by atoms with van der Waals surface area (Å²) in [4.78, 5) is 0. The summed E-state index contributed by atoms with van der Waals surface area (Å²) in [5.74, 6) is -0.431. The molecule has 1 N–H and O–H groups in total. The van der Waals surface area contributed by atoms with Crippen molar-refractivity contribution >= 4 is 0 Å². The lowest BCUT2D eigenvalue weighted by atomic mass is 10.1. The van der Waals surface area contributed by atoms with Crippen LogP contribution >= 0.6 is 0 Å². The molecule has 108 valence electrons. The highest BCUT2D eigenvalue weighted by molar-refractivity contribution is 5.19. The molecule has 0 heterocycles. The monoisotopic (exact) mass is 279 g/mol. The minimum absolute atomic E-state index is 0.259. The van der Waals surface area contributed by atoms with E-state index in [-0.39, 0.29) is 6.54 Å². The van der Waals surface area contributed by atoms with Crippen molar-refractivity contribution < 1.29 is 22.3 Å². The van der Waals surface area contributed by atoms with Gasteiger partial charge in [0, 0.05) is 6.54 Å². The quantitative estimate of drug-likeness (QED) is 0.610. The molecule has 0 saturated carbocycles. The van der Waals surface area contributed by atoms with E-state index in [0.717, 1.165) is 6.42 Å². The first kappa shape index (κ1) is 15.9. The first-order chi connectivity index (χ1) is 8.92. The third-order valence-corrected chi connectivity index (χ3v) is 2.45. The summed E-state index contributed by atoms with van der Waals surface area (Å²) >= 11 is 0. The van der Waals surface area contributed by atoms with Gasteiger partial charge in [0.05, 0.1) is 6.10 Å². The van der Waals surface area contributed by atoms with Gasteiger partial charge < -0.3 is 10.1 Å². The van der Waals surface area contributed by atoms with Gasteiger partial charge >= 0.3 is 6.18 Å². The van der Waals surface area contributed by atoms with E-state index in [1.54, 1.807) is 0 Å². The maximum Gasteiger partial charge on any atom is 0.411 e. The van der Waals surface area contributed by atoms with Crippen molar-refractivity contribution in [3.63, 3.8) is 0 Å². The fraction of sp³-hybridized carbons (Fsp3) is 0.538. The Labute approximate surface area is 109 Å². The zero-order valence-electron chi connectivity index (χ0n) is 10.6. The molecule has 0 radical (unpaired) electrons. The van der Waals surface area contributed by atoms with E-state index in [1.165, 1.54) is 24.3 Å². The van der Waals surface area contributed by atoms with Crippen LogP contribution in [0.4, 0.5) is 17.6 Å². The van der Waals surface area contributed by atoms with Gasteiger partial charge in [-0.3, -0.25) is 0 Å². The smallest absolute Gasteiger partial charge is 0.363 e. The molecule has 0 bridgehead atoms. The molecule has 6 heteroatoms. The molecule has 1 rings (SSSR count). The van der Waals surface area contributed by atoms with Crippen LogP contribution in [0.1, 0.15) is 25.0 Å². The summed E-state index contributed by atoms with van der Waals surface area (Å²) in [6.07, 6.45) is -4.24. The van der Waals surface area contributed by atoms with Crippen molar-refractivity contribution in [1.82, 2.24) is 5.32 Å². The fourth-order valence-corrected chi connectivity index (χ4v) is 1.56. The molecule has 19 heavy (non-hydrogen) atoms. The molecule has 0 spiro atoms. The minimum Gasteiger partial charge on any atom is -0.363 e. The average Bonchev–Trinajstić information content (AvgIpc) is 2.34. The van der Waals surface area contributed by atoms with E-state index < -0.39 is 24.7 Å². The summed E-state index contributed by atoms with van der Waals surface area (Å²) < 4.78 is 54.2. The van der Waals surface area contributed by atoms with Crippen LogP contribution in [0.2, 0.25) is 0 Å². The van der Waals surface area contributed by atoms with Gasteiger partial charge in [-0.05, 0) is 30.7 Å². The number of alkyl halides is 3. The highest BCUT2D eigenvalue weighted by Crippen LogP contribution is 2.22. The van der Waals surface area contributed by atoms with Gasteiger partial charge in [-0.1, -0.05) is 19.1 Å². The molecule has 0 aliphatic carbocycles. The van der Waals surface area contributed by atoms with Crippen molar-refractivity contribution in [1.29, 1.82) is 0 Å². The van der Waals surface area contributed by atoms with Gasteiger partial charge in [-0.25, -0.2) is 4.39 Å². The van der Waals surface area contributed by atoms with Crippen LogP contribution < -0.4 is 5.32 Å². The van der Waals surface area contributed by atoms with Gasteiger partial charge in [0.1, 0.15) is 12.4 Å². The van der Waals surface area contributed by atoms with E-state index >= 15 is 0 Å². The number of hydrogen-bond donors (Lipinski definition) is 1. The van der Waals surface area contributed by atoms with E-state index in [4.69, 9.17) is 4.74 Å². The topological polar surface area (TPSA) is 21.3 Å². The SMILES string of the molecule is CCCNCC(OCC(F)(F)F)c1ccc(F)cc1. The lowest BCUT2D eigenvalue weighted by Gasteiger charge is -2.20. The number of hydrogen-bond acceptors (Lipinski definition) is 2. The zero-order chi connectivity index (χ0) is 14.3. The van der Waals surface area contributed by atoms with Crippen LogP contribution in [0.5, 0.6) is 0 Å². The molecule has 0 fully saturated rings. The molecule has 1 aromatic carbocycles. The standard InChI is InChI=1S/C13H17F4NO/c1-2-7-18-8-12(19-9-13(15,16)17)10-3-5-11(14)6-4-10/h3-6,12,18H,2,7-9H2,1H3. The molecule has 2 nitrogen and oxygen atoms in total. The predicted octanol–water partition coefficient (Wildman–Crippen LogP) is 3.45. The Morgan fingerprint density at radius 1 is 1.21 bits per heavy atom. The molecular weight excluding hydrogens is 262 g/mol. The second-order valence-electron chi connectivity index (χ2n) is 4.17. The van der Waals surface area contributed by atoms with Crippen molar-refractivity contribution in [3.05, 3.63) is 35.6 Å². The molecule has 1 aromatic rings. The number of halogens is 4. The van der Waals surface area contributed by atoms with Crippen molar-refractivity contribution in [2.75, 3.05) is 19.7 Å². The number of benzene rings is 1. The molecular formula is C13H17F4NO. The third-order valence-electron chi connectivity index (χ3n) is 2.45. The highest BCUT2D eigenvalue weighted by atomic mass is 19.4. The molecule has 0 aromatic heterocycles. The van der Waals surface area contributed by atoms with Crippen LogP contribution in [0.3, 0.4) is 0 Å². The highest BCUT2D eigenvalue weighted by Gasteiger charge is 2.29. The summed E-state index contributed by atoms with van der Waals surface area (Å²) in [7, 11) is 0. The molecule has 1 unspecified atom stereocenters. The maximum atomic E-state index is 12.8. The second kappa shape index (κ2) is 7.45. The van der Waals surface area contributed by atoms with Crippen molar-refractivity contribution in [2.45, 2.75) is 25.6 Å². The molecule has 0 aliphatic heterocycles. The third kappa shape index (κ3) is 6.54. The van der Waals surface area contributed by atoms with Gasteiger partial charge in [0.2, 0.25) is 0 Å². The Morgan fingerprint density at radius 3 is 2.37 bits per heavy atom. The van der Waals surface area contributed by atoms with Crippen LogP contribution in [-0.2, 0) is 4.74 Å². The normalized spacial score (nSPS) is 13.5. The summed E-state index contributed by atoms with van der Waals surface area (Å²) in [5, 5.41) is 3.00. The largest absolute Gasteiger partial charge is 0.411 e. The van der Waals surface area contributed by atoms with E-state index in [9.17, 15) is 17.6 Å². The van der Waals surface area contributed by atoms with Gasteiger partial charge in [-0.2, -0.15) is 13.2 Å². The lowest BCUT2D eigenvalue weighted by molar-refractivity contribution is -0.185. The van der Waals surface area contributed by atoms with E-state index in [2.05, 4.69) is 5.32 Å².